The lowest BCUT2D eigenvalue weighted by molar-refractivity contribution is -0.190. The number of carbonyl (C=O) groups excluding carboxylic acids is 2. The summed E-state index contributed by atoms with van der Waals surface area (Å²) in [6.45, 7) is 1.16. The predicted octanol–water partition coefficient (Wildman–Crippen LogP) is 4.08. The fourth-order valence-electron chi connectivity index (χ4n) is 5.19. The summed E-state index contributed by atoms with van der Waals surface area (Å²) in [6.07, 6.45) is -2.36. The number of nitrogens with zero attached hydrogens (tertiary/aromatic N) is 3. The molecule has 0 unspecified atom stereocenters. The maximum Gasteiger partial charge on any atom is 0.413 e. The number of anilines is 2. The van der Waals surface area contributed by atoms with Crippen molar-refractivity contribution in [2.45, 2.75) is 31.0 Å². The number of methoxy groups -OCH3 is 1. The Labute approximate surface area is 222 Å². The molecule has 2 aliphatic rings. The summed E-state index contributed by atoms with van der Waals surface area (Å²) in [5.74, 6) is -1.39. The number of hydrogen-bond acceptors (Lipinski definition) is 7. The average Bonchev–Trinajstić information content (AvgIpc) is 3.60. The van der Waals surface area contributed by atoms with Gasteiger partial charge >= 0.3 is 6.18 Å². The van der Waals surface area contributed by atoms with Crippen LogP contribution in [0.1, 0.15) is 35.9 Å². The number of nitrogens with one attached hydrogen (secondary N) is 2. The van der Waals surface area contributed by atoms with Gasteiger partial charge in [-0.1, -0.05) is 12.1 Å². The van der Waals surface area contributed by atoms with Crippen LogP contribution < -0.4 is 15.4 Å². The van der Waals surface area contributed by atoms with E-state index in [9.17, 15) is 22.8 Å². The van der Waals surface area contributed by atoms with Crippen molar-refractivity contribution in [1.29, 1.82) is 0 Å². The van der Waals surface area contributed by atoms with Gasteiger partial charge in [-0.3, -0.25) is 14.6 Å². The second-order valence-electron chi connectivity index (χ2n) is 9.71. The molecule has 12 heteroatoms. The second-order valence-corrected chi connectivity index (χ2v) is 9.71. The molecule has 0 spiro atoms. The number of hydrogen-bond donors (Lipinski definition) is 2. The first-order chi connectivity index (χ1) is 18.7. The summed E-state index contributed by atoms with van der Waals surface area (Å²) in [6, 6.07) is 7.16. The van der Waals surface area contributed by atoms with Crippen LogP contribution in [0, 0.1) is 5.92 Å². The number of pyridine rings is 2. The van der Waals surface area contributed by atoms with Crippen molar-refractivity contribution in [2.75, 3.05) is 39.2 Å². The Morgan fingerprint density at radius 2 is 2.00 bits per heavy atom. The van der Waals surface area contributed by atoms with E-state index in [4.69, 9.17) is 9.47 Å². The molecule has 0 radical (unpaired) electrons. The summed E-state index contributed by atoms with van der Waals surface area (Å²) in [5.41, 5.74) is 3.39. The van der Waals surface area contributed by atoms with Gasteiger partial charge in [0.2, 0.25) is 17.7 Å². The van der Waals surface area contributed by atoms with Crippen molar-refractivity contribution < 1.29 is 32.2 Å². The lowest BCUT2D eigenvalue weighted by Gasteiger charge is -2.32. The predicted molar refractivity (Wildman–Crippen MR) is 137 cm³/mol. The lowest BCUT2D eigenvalue weighted by Crippen LogP contribution is -2.43. The van der Waals surface area contributed by atoms with Crippen LogP contribution in [0.4, 0.5) is 24.5 Å². The molecule has 2 fully saturated rings. The average molecular weight is 544 g/mol. The van der Waals surface area contributed by atoms with E-state index in [0.717, 1.165) is 19.0 Å². The number of benzene rings is 1. The molecule has 1 aromatic carbocycles. The zero-order valence-electron chi connectivity index (χ0n) is 21.4. The highest BCUT2D eigenvalue weighted by Crippen LogP contribution is 2.40. The Bertz CT molecular complexity index is 1380. The van der Waals surface area contributed by atoms with Crippen LogP contribution in [0.3, 0.4) is 0 Å². The van der Waals surface area contributed by atoms with E-state index in [1.54, 1.807) is 12.3 Å². The maximum atomic E-state index is 14.1. The van der Waals surface area contributed by atoms with Gasteiger partial charge in [-0.05, 0) is 30.2 Å². The highest BCUT2D eigenvalue weighted by molar-refractivity contribution is 5.89. The summed E-state index contributed by atoms with van der Waals surface area (Å²) in [7, 11) is 2.65. The topological polar surface area (TPSA) is 106 Å². The number of carbonyl (C=O) groups is 2. The Kier molecular flexibility index (Phi) is 7.30. The van der Waals surface area contributed by atoms with Crippen molar-refractivity contribution in [1.82, 2.24) is 20.2 Å². The van der Waals surface area contributed by atoms with E-state index in [2.05, 4.69) is 20.6 Å². The van der Waals surface area contributed by atoms with Crippen molar-refractivity contribution in [3.05, 3.63) is 53.7 Å². The molecule has 206 valence electrons. The van der Waals surface area contributed by atoms with Crippen LogP contribution >= 0.6 is 0 Å². The minimum Gasteiger partial charge on any atom is -0.481 e. The third kappa shape index (κ3) is 5.47. The lowest BCUT2D eigenvalue weighted by atomic mass is 9.95. The first-order valence-electron chi connectivity index (χ1n) is 12.5. The van der Waals surface area contributed by atoms with Gasteiger partial charge in [-0.15, -0.1) is 0 Å². The summed E-state index contributed by atoms with van der Waals surface area (Å²) < 4.78 is 53.3. The van der Waals surface area contributed by atoms with Crippen molar-refractivity contribution in [2.24, 2.45) is 5.92 Å². The zero-order chi connectivity index (χ0) is 27.7. The quantitative estimate of drug-likeness (QED) is 0.463. The molecule has 5 rings (SSSR count). The number of fused-ring (bicyclic) bond motifs is 1. The van der Waals surface area contributed by atoms with Gasteiger partial charge in [-0.25, -0.2) is 4.98 Å². The molecule has 0 aliphatic carbocycles. The largest absolute Gasteiger partial charge is 0.481 e. The SMILES string of the molecule is COc1ccc2ncc(Nc3ccc([C@H](N(C)C(=O)[C@@H]4CNC(=O)C4)C(F)(F)F)cc3)c([C@@H]3CCOC3)c2n1. The molecular formula is C27H28F3N5O4. The number of ether oxygens (including phenoxy) is 2. The molecular weight excluding hydrogens is 515 g/mol. The minimum absolute atomic E-state index is 0.0321. The van der Waals surface area contributed by atoms with Crippen LogP contribution in [0.25, 0.3) is 11.0 Å². The monoisotopic (exact) mass is 543 g/mol. The van der Waals surface area contributed by atoms with Gasteiger partial charge in [0.1, 0.15) is 0 Å². The molecule has 2 aliphatic heterocycles. The van der Waals surface area contributed by atoms with Gasteiger partial charge < -0.3 is 25.0 Å². The maximum absolute atomic E-state index is 14.1. The van der Waals surface area contributed by atoms with E-state index in [1.807, 2.05) is 6.07 Å². The smallest absolute Gasteiger partial charge is 0.413 e. The van der Waals surface area contributed by atoms with E-state index in [1.165, 1.54) is 31.4 Å². The van der Waals surface area contributed by atoms with E-state index >= 15 is 0 Å². The molecule has 0 bridgehead atoms. The minimum atomic E-state index is -4.71. The number of rotatable bonds is 7. The number of halogens is 3. The molecule has 2 amide bonds. The molecule has 3 aromatic rings. The second kappa shape index (κ2) is 10.7. The highest BCUT2D eigenvalue weighted by atomic mass is 19.4. The van der Waals surface area contributed by atoms with Gasteiger partial charge in [-0.2, -0.15) is 13.2 Å². The molecule has 2 N–H and O–H groups in total. The Hall–Kier alpha value is -3.93. The molecule has 9 nitrogen and oxygen atoms in total. The van der Waals surface area contributed by atoms with Crippen LogP contribution in [-0.4, -0.2) is 66.8 Å². The number of amides is 2. The van der Waals surface area contributed by atoms with Crippen molar-refractivity contribution in [3.8, 4) is 5.88 Å². The van der Waals surface area contributed by atoms with Crippen LogP contribution in [0.2, 0.25) is 0 Å². The Morgan fingerprint density at radius 1 is 1.23 bits per heavy atom. The molecule has 0 saturated carbocycles. The van der Waals surface area contributed by atoms with Crippen molar-refractivity contribution in [3.63, 3.8) is 0 Å². The normalized spacial score (nSPS) is 20.1. The standard InChI is InChI=1S/C27H28F3N5O4/c1-35(26(37)17-11-21(36)32-12-17)25(27(28,29)30)15-3-5-18(6-4-15)33-20-13-31-19-7-8-22(38-2)34-24(19)23(20)16-9-10-39-14-16/h3-8,13,16-17,25,33H,9-12,14H2,1-2H3,(H,32,36)/t16-,17+,25+/m1/s1. The van der Waals surface area contributed by atoms with Gasteiger partial charge in [0.05, 0.1) is 42.6 Å². The Balaban J connectivity index is 1.43. The molecule has 4 heterocycles. The molecule has 3 atom stereocenters. The summed E-state index contributed by atoms with van der Waals surface area (Å²) >= 11 is 0. The first-order valence-corrected chi connectivity index (χ1v) is 12.5. The first kappa shape index (κ1) is 26.7. The third-order valence-corrected chi connectivity index (χ3v) is 7.15. The third-order valence-electron chi connectivity index (χ3n) is 7.15. The fourth-order valence-corrected chi connectivity index (χ4v) is 5.19. The van der Waals surface area contributed by atoms with E-state index < -0.39 is 24.0 Å². The highest BCUT2D eigenvalue weighted by Gasteiger charge is 2.46. The van der Waals surface area contributed by atoms with E-state index in [-0.39, 0.29) is 30.4 Å². The van der Waals surface area contributed by atoms with Gasteiger partial charge in [0.25, 0.3) is 0 Å². The number of aromatic nitrogens is 2. The number of alkyl halides is 3. The van der Waals surface area contributed by atoms with Crippen LogP contribution in [0.5, 0.6) is 5.88 Å². The van der Waals surface area contributed by atoms with Gasteiger partial charge in [0, 0.05) is 49.9 Å². The van der Waals surface area contributed by atoms with Gasteiger partial charge in [0.15, 0.2) is 6.04 Å². The summed E-state index contributed by atoms with van der Waals surface area (Å²) in [5, 5.41) is 5.77. The van der Waals surface area contributed by atoms with Crippen LogP contribution in [-0.2, 0) is 14.3 Å². The molecule has 2 aromatic heterocycles. The van der Waals surface area contributed by atoms with E-state index in [0.29, 0.717) is 46.4 Å². The van der Waals surface area contributed by atoms with Crippen molar-refractivity contribution >= 4 is 34.2 Å². The molecule has 39 heavy (non-hydrogen) atoms. The summed E-state index contributed by atoms with van der Waals surface area (Å²) in [4.78, 5) is 34.0. The Morgan fingerprint density at radius 3 is 2.62 bits per heavy atom. The van der Waals surface area contributed by atoms with Crippen LogP contribution in [0.15, 0.2) is 42.6 Å². The zero-order valence-corrected chi connectivity index (χ0v) is 21.4. The molecule has 2 saturated heterocycles. The fraction of sp³-hybridized carbons (Fsp3) is 0.407.